The molecular weight excluding hydrogens is 403 g/mol. The van der Waals surface area contributed by atoms with Gasteiger partial charge in [-0.2, -0.15) is 0 Å². The van der Waals surface area contributed by atoms with Gasteiger partial charge in [0, 0.05) is 12.1 Å². The Kier molecular flexibility index (Phi) is 6.21. The van der Waals surface area contributed by atoms with Crippen molar-refractivity contribution < 1.29 is 14.3 Å². The van der Waals surface area contributed by atoms with E-state index in [-0.39, 0.29) is 17.9 Å². The Balaban J connectivity index is 1.62. The van der Waals surface area contributed by atoms with Gasteiger partial charge in [0.1, 0.15) is 19.7 Å². The molecule has 2 amide bonds. The molecule has 1 aliphatic heterocycles. The molecular formula is C24H29BN4O3. The lowest BCUT2D eigenvalue weighted by atomic mass is 9.87. The highest BCUT2D eigenvalue weighted by Gasteiger charge is 2.37. The van der Waals surface area contributed by atoms with E-state index < -0.39 is 12.1 Å². The number of ether oxygens (including phenoxy) is 1. The first kappa shape index (κ1) is 21.9. The molecule has 7 nitrogen and oxygen atoms in total. The van der Waals surface area contributed by atoms with Crippen LogP contribution in [0.5, 0.6) is 0 Å². The highest BCUT2D eigenvalue weighted by molar-refractivity contribution is 6.39. The summed E-state index contributed by atoms with van der Waals surface area (Å²) >= 11 is 0. The van der Waals surface area contributed by atoms with E-state index in [1.807, 2.05) is 37.1 Å². The number of alkyl carbamates (subject to hydrolysis) is 1. The van der Waals surface area contributed by atoms with Gasteiger partial charge >= 0.3 is 6.09 Å². The number of likely N-dealkylation sites (tertiary alicyclic amines) is 1. The van der Waals surface area contributed by atoms with Gasteiger partial charge in [-0.25, -0.2) is 9.78 Å². The number of rotatable bonds is 5. The van der Waals surface area contributed by atoms with Gasteiger partial charge in [-0.05, 0) is 29.5 Å². The van der Waals surface area contributed by atoms with Crippen LogP contribution in [0.1, 0.15) is 38.6 Å². The molecule has 2 heterocycles. The fraction of sp³-hybridized carbons (Fsp3) is 0.375. The number of fused-ring (bicyclic) bond motifs is 1. The van der Waals surface area contributed by atoms with Crippen LogP contribution >= 0.6 is 0 Å². The average molecular weight is 432 g/mol. The van der Waals surface area contributed by atoms with Crippen molar-refractivity contribution in [1.82, 2.24) is 20.2 Å². The molecule has 166 valence electrons. The van der Waals surface area contributed by atoms with E-state index >= 15 is 0 Å². The third-order valence-electron chi connectivity index (χ3n) is 6.27. The highest BCUT2D eigenvalue weighted by atomic mass is 16.5. The molecule has 0 spiro atoms. The van der Waals surface area contributed by atoms with E-state index in [4.69, 9.17) is 4.74 Å². The molecule has 3 aromatic rings. The number of methoxy groups -OCH3 is 1. The molecule has 2 aromatic carbocycles. The third kappa shape index (κ3) is 4.09. The van der Waals surface area contributed by atoms with Crippen molar-refractivity contribution in [2.24, 2.45) is 5.92 Å². The Hall–Kier alpha value is -3.29. The minimum Gasteiger partial charge on any atom is -0.453 e. The maximum atomic E-state index is 13.3. The number of amides is 2. The van der Waals surface area contributed by atoms with Crippen LogP contribution in [-0.2, 0) is 9.53 Å². The molecule has 1 fully saturated rings. The minimum atomic E-state index is -0.640. The maximum Gasteiger partial charge on any atom is 0.407 e. The molecule has 0 bridgehead atoms. The van der Waals surface area contributed by atoms with Crippen LogP contribution in [0.15, 0.2) is 42.6 Å². The maximum absolute atomic E-state index is 13.3. The molecule has 2 N–H and O–H groups in total. The zero-order chi connectivity index (χ0) is 22.8. The van der Waals surface area contributed by atoms with Crippen molar-refractivity contribution in [2.75, 3.05) is 13.7 Å². The van der Waals surface area contributed by atoms with Gasteiger partial charge in [0.05, 0.1) is 25.0 Å². The summed E-state index contributed by atoms with van der Waals surface area (Å²) in [5.74, 6) is 0.608. The van der Waals surface area contributed by atoms with E-state index in [0.717, 1.165) is 29.9 Å². The zero-order valence-corrected chi connectivity index (χ0v) is 19.0. The van der Waals surface area contributed by atoms with Crippen molar-refractivity contribution >= 4 is 36.1 Å². The number of carbonyl (C=O) groups excluding carboxylic acids is 2. The number of hydrogen-bond acceptors (Lipinski definition) is 4. The summed E-state index contributed by atoms with van der Waals surface area (Å²) in [6, 6.07) is 11.8. The van der Waals surface area contributed by atoms with Crippen molar-refractivity contribution in [3.63, 3.8) is 0 Å². The van der Waals surface area contributed by atoms with Crippen molar-refractivity contribution in [1.29, 1.82) is 0 Å². The normalized spacial score (nSPS) is 17.0. The number of aromatic nitrogens is 2. The lowest BCUT2D eigenvalue weighted by Crippen LogP contribution is -2.51. The third-order valence-corrected chi connectivity index (χ3v) is 6.27. The summed E-state index contributed by atoms with van der Waals surface area (Å²) in [5, 5.41) is 5.07. The van der Waals surface area contributed by atoms with Crippen molar-refractivity contribution in [3.05, 3.63) is 48.4 Å². The van der Waals surface area contributed by atoms with Gasteiger partial charge in [0.25, 0.3) is 0 Å². The zero-order valence-electron chi connectivity index (χ0n) is 19.0. The summed E-state index contributed by atoms with van der Waals surface area (Å²) in [5.41, 5.74) is 3.26. The van der Waals surface area contributed by atoms with E-state index in [9.17, 15) is 9.59 Å². The fourth-order valence-electron chi connectivity index (χ4n) is 4.52. The first-order valence-corrected chi connectivity index (χ1v) is 11.1. The second kappa shape index (κ2) is 9.06. The topological polar surface area (TPSA) is 87.3 Å². The molecule has 8 heteroatoms. The minimum absolute atomic E-state index is 0.0612. The molecule has 1 saturated heterocycles. The van der Waals surface area contributed by atoms with E-state index in [2.05, 4.69) is 47.4 Å². The van der Waals surface area contributed by atoms with E-state index in [0.29, 0.717) is 6.54 Å². The number of imidazole rings is 1. The quantitative estimate of drug-likeness (QED) is 0.607. The summed E-state index contributed by atoms with van der Waals surface area (Å²) in [4.78, 5) is 35.0. The Labute approximate surface area is 189 Å². The monoisotopic (exact) mass is 432 g/mol. The Morgan fingerprint density at radius 2 is 1.97 bits per heavy atom. The van der Waals surface area contributed by atoms with Crippen LogP contribution in [0.3, 0.4) is 0 Å². The van der Waals surface area contributed by atoms with Gasteiger partial charge in [0.2, 0.25) is 5.91 Å². The number of nitrogens with one attached hydrogen (secondary N) is 2. The molecule has 1 aromatic heterocycles. The SMILES string of the molecule is Bc1ccc(-c2cnc([C@@H]3CCCN3C(=O)[C@@H](NC(=O)OC)C(C)C)[nH]2)c2ccccc12. The Morgan fingerprint density at radius 1 is 1.22 bits per heavy atom. The number of benzene rings is 2. The molecule has 0 unspecified atom stereocenters. The predicted octanol–water partition coefficient (Wildman–Crippen LogP) is 2.53. The summed E-state index contributed by atoms with van der Waals surface area (Å²) in [6.45, 7) is 4.47. The van der Waals surface area contributed by atoms with Gasteiger partial charge in [0.15, 0.2) is 0 Å². The number of aromatic amines is 1. The van der Waals surface area contributed by atoms with E-state index in [1.54, 1.807) is 0 Å². The largest absolute Gasteiger partial charge is 0.453 e. The van der Waals surface area contributed by atoms with Crippen LogP contribution in [0.25, 0.3) is 22.0 Å². The standard InChI is InChI=1S/C24H29BN4O3/c1-14(2)21(28-24(31)32-3)23(30)29-12-6-9-20(29)22-26-13-19(27-22)17-10-11-18(25)16-8-5-4-7-15(16)17/h4-5,7-8,10-11,13-14,20-21H,6,9,12,25H2,1-3H3,(H,26,27)(H,28,31)/t20-,21-/m0/s1. The second-order valence-electron chi connectivity index (χ2n) is 8.70. The lowest BCUT2D eigenvalue weighted by Gasteiger charge is -2.30. The van der Waals surface area contributed by atoms with Crippen LogP contribution < -0.4 is 10.8 Å². The number of nitrogens with zero attached hydrogens (tertiary/aromatic N) is 2. The van der Waals surface area contributed by atoms with Crippen LogP contribution in [-0.4, -0.2) is 54.4 Å². The lowest BCUT2D eigenvalue weighted by molar-refractivity contribution is -0.135. The fourth-order valence-corrected chi connectivity index (χ4v) is 4.52. The molecule has 1 aliphatic rings. The Morgan fingerprint density at radius 3 is 2.69 bits per heavy atom. The first-order valence-electron chi connectivity index (χ1n) is 11.1. The van der Waals surface area contributed by atoms with Crippen molar-refractivity contribution in [3.8, 4) is 11.3 Å². The summed E-state index contributed by atoms with van der Waals surface area (Å²) in [7, 11) is 3.41. The molecule has 32 heavy (non-hydrogen) atoms. The van der Waals surface area contributed by atoms with Crippen LogP contribution in [0, 0.1) is 5.92 Å². The molecule has 0 aliphatic carbocycles. The summed E-state index contributed by atoms with van der Waals surface area (Å²) < 4.78 is 4.71. The van der Waals surface area contributed by atoms with Crippen molar-refractivity contribution in [2.45, 2.75) is 38.8 Å². The van der Waals surface area contributed by atoms with Gasteiger partial charge in [-0.3, -0.25) is 4.79 Å². The number of carbonyl (C=O) groups is 2. The first-order chi connectivity index (χ1) is 15.4. The average Bonchev–Trinajstić information content (AvgIpc) is 3.46. The van der Waals surface area contributed by atoms with Crippen LogP contribution in [0.4, 0.5) is 4.79 Å². The molecule has 4 rings (SSSR count). The molecule has 2 atom stereocenters. The smallest absolute Gasteiger partial charge is 0.407 e. The summed E-state index contributed by atoms with van der Waals surface area (Å²) in [6.07, 6.45) is 2.97. The molecule has 0 saturated carbocycles. The predicted molar refractivity (Wildman–Crippen MR) is 128 cm³/mol. The number of hydrogen-bond donors (Lipinski definition) is 2. The van der Waals surface area contributed by atoms with Gasteiger partial charge in [-0.1, -0.05) is 55.7 Å². The van der Waals surface area contributed by atoms with Gasteiger partial charge < -0.3 is 19.9 Å². The Bertz CT molecular complexity index is 1140. The highest BCUT2D eigenvalue weighted by Crippen LogP contribution is 2.33. The second-order valence-corrected chi connectivity index (χ2v) is 8.70. The number of H-pyrrole nitrogens is 1. The molecule has 0 radical (unpaired) electrons. The van der Waals surface area contributed by atoms with E-state index in [1.165, 1.54) is 23.3 Å². The van der Waals surface area contributed by atoms with Gasteiger partial charge in [-0.15, -0.1) is 0 Å². The van der Waals surface area contributed by atoms with Crippen LogP contribution in [0.2, 0.25) is 0 Å².